The smallest absolute Gasteiger partial charge is 0.231 e. The molecule has 1 aliphatic heterocycles. The van der Waals surface area contributed by atoms with Crippen LogP contribution >= 0.6 is 11.3 Å². The van der Waals surface area contributed by atoms with Crippen molar-refractivity contribution >= 4 is 17.3 Å². The quantitative estimate of drug-likeness (QED) is 0.726. The summed E-state index contributed by atoms with van der Waals surface area (Å²) in [7, 11) is 0. The van der Waals surface area contributed by atoms with Gasteiger partial charge in [0, 0.05) is 41.7 Å². The van der Waals surface area contributed by atoms with Crippen LogP contribution in [0.1, 0.15) is 40.2 Å². The van der Waals surface area contributed by atoms with Gasteiger partial charge in [0.2, 0.25) is 11.8 Å². The number of rotatable bonds is 4. The molecule has 0 aliphatic carbocycles. The van der Waals surface area contributed by atoms with Crippen molar-refractivity contribution in [2.75, 3.05) is 18.0 Å². The molecule has 3 aromatic rings. The van der Waals surface area contributed by atoms with Crippen LogP contribution in [-0.4, -0.2) is 33.2 Å². The average Bonchev–Trinajstić information content (AvgIpc) is 3.25. The molecular weight excluding hydrogens is 322 g/mol. The van der Waals surface area contributed by atoms with E-state index in [0.29, 0.717) is 0 Å². The predicted octanol–water partition coefficient (Wildman–Crippen LogP) is 3.20. The zero-order valence-electron chi connectivity index (χ0n) is 13.6. The minimum atomic E-state index is 0.244. The Balaban J connectivity index is 1.45. The second-order valence-corrected chi connectivity index (χ2v) is 7.44. The first kappa shape index (κ1) is 15.3. The lowest BCUT2D eigenvalue weighted by Crippen LogP contribution is -2.35. The van der Waals surface area contributed by atoms with Crippen LogP contribution < -0.4 is 4.90 Å². The predicted molar refractivity (Wildman–Crippen MR) is 92.4 cm³/mol. The number of anilines is 1. The largest absolute Gasteiger partial charge is 0.340 e. The second-order valence-electron chi connectivity index (χ2n) is 6.07. The van der Waals surface area contributed by atoms with Gasteiger partial charge < -0.3 is 9.42 Å². The normalized spacial score (nSPS) is 18.0. The highest BCUT2D eigenvalue weighted by Crippen LogP contribution is 2.28. The standard InChI is InChI=1S/C17H19N5OS/c1-12-5-6-14(24-12)10-15-20-16(23-21-15)13-4-2-9-22(11-13)17-18-7-3-8-19-17/h3,5-8,13H,2,4,9-11H2,1H3. The van der Waals surface area contributed by atoms with Crippen molar-refractivity contribution < 1.29 is 4.52 Å². The van der Waals surface area contributed by atoms with Crippen LogP contribution in [0.2, 0.25) is 0 Å². The van der Waals surface area contributed by atoms with Gasteiger partial charge in [0.25, 0.3) is 0 Å². The van der Waals surface area contributed by atoms with E-state index in [9.17, 15) is 0 Å². The number of nitrogens with zero attached hydrogens (tertiary/aromatic N) is 5. The highest BCUT2D eigenvalue weighted by Gasteiger charge is 2.27. The van der Waals surface area contributed by atoms with Gasteiger partial charge in [-0.3, -0.25) is 0 Å². The molecule has 0 spiro atoms. The van der Waals surface area contributed by atoms with Gasteiger partial charge in [0.15, 0.2) is 5.82 Å². The third kappa shape index (κ3) is 3.31. The topological polar surface area (TPSA) is 67.9 Å². The van der Waals surface area contributed by atoms with Crippen molar-refractivity contribution in [2.45, 2.75) is 32.1 Å². The molecule has 124 valence electrons. The van der Waals surface area contributed by atoms with E-state index in [2.05, 4.69) is 44.1 Å². The number of thiophene rings is 1. The highest BCUT2D eigenvalue weighted by atomic mass is 32.1. The summed E-state index contributed by atoms with van der Waals surface area (Å²) < 4.78 is 5.54. The van der Waals surface area contributed by atoms with Gasteiger partial charge in [-0.1, -0.05) is 5.16 Å². The number of hydrogen-bond acceptors (Lipinski definition) is 7. The van der Waals surface area contributed by atoms with Crippen LogP contribution in [0.5, 0.6) is 0 Å². The third-order valence-electron chi connectivity index (χ3n) is 4.22. The molecule has 1 aliphatic rings. The van der Waals surface area contributed by atoms with E-state index >= 15 is 0 Å². The number of aromatic nitrogens is 4. The molecule has 4 heterocycles. The van der Waals surface area contributed by atoms with E-state index in [4.69, 9.17) is 4.52 Å². The first-order chi connectivity index (χ1) is 11.8. The molecule has 0 saturated carbocycles. The van der Waals surface area contributed by atoms with Crippen LogP contribution in [0.4, 0.5) is 5.95 Å². The monoisotopic (exact) mass is 341 g/mol. The molecule has 1 fully saturated rings. The van der Waals surface area contributed by atoms with Crippen molar-refractivity contribution in [1.29, 1.82) is 0 Å². The Morgan fingerprint density at radius 3 is 2.96 bits per heavy atom. The van der Waals surface area contributed by atoms with Crippen LogP contribution in [0.15, 0.2) is 35.1 Å². The molecule has 0 N–H and O–H groups in total. The Bertz CT molecular complexity index is 800. The van der Waals surface area contributed by atoms with Crippen LogP contribution in [0.3, 0.4) is 0 Å². The molecule has 0 amide bonds. The minimum absolute atomic E-state index is 0.244. The van der Waals surface area contributed by atoms with Gasteiger partial charge in [-0.05, 0) is 38.0 Å². The lowest BCUT2D eigenvalue weighted by atomic mass is 9.98. The van der Waals surface area contributed by atoms with Gasteiger partial charge >= 0.3 is 0 Å². The average molecular weight is 341 g/mol. The van der Waals surface area contributed by atoms with E-state index in [0.717, 1.165) is 50.0 Å². The summed E-state index contributed by atoms with van der Waals surface area (Å²) in [4.78, 5) is 18.1. The summed E-state index contributed by atoms with van der Waals surface area (Å²) in [5, 5.41) is 4.16. The van der Waals surface area contributed by atoms with E-state index in [1.54, 1.807) is 23.7 Å². The molecule has 0 aromatic carbocycles. The van der Waals surface area contributed by atoms with Gasteiger partial charge in [0.05, 0.1) is 5.92 Å². The van der Waals surface area contributed by atoms with Crippen molar-refractivity contribution in [1.82, 2.24) is 20.1 Å². The maximum absolute atomic E-state index is 5.54. The molecule has 1 saturated heterocycles. The van der Waals surface area contributed by atoms with Crippen LogP contribution in [0, 0.1) is 6.92 Å². The molecule has 1 atom stereocenters. The first-order valence-electron chi connectivity index (χ1n) is 8.18. The lowest BCUT2D eigenvalue weighted by molar-refractivity contribution is 0.330. The van der Waals surface area contributed by atoms with Crippen molar-refractivity contribution in [3.63, 3.8) is 0 Å². The highest BCUT2D eigenvalue weighted by molar-refractivity contribution is 7.11. The summed E-state index contributed by atoms with van der Waals surface area (Å²) in [6.07, 6.45) is 6.42. The number of aryl methyl sites for hydroxylation is 1. The van der Waals surface area contributed by atoms with Crippen molar-refractivity contribution in [2.24, 2.45) is 0 Å². The maximum atomic E-state index is 5.54. The molecule has 7 heteroatoms. The maximum Gasteiger partial charge on any atom is 0.231 e. The number of hydrogen-bond donors (Lipinski definition) is 0. The van der Waals surface area contributed by atoms with Gasteiger partial charge in [-0.25, -0.2) is 9.97 Å². The third-order valence-corrected chi connectivity index (χ3v) is 5.22. The van der Waals surface area contributed by atoms with Crippen molar-refractivity contribution in [3.05, 3.63) is 52.1 Å². The zero-order chi connectivity index (χ0) is 16.4. The fourth-order valence-electron chi connectivity index (χ4n) is 3.06. The molecule has 4 rings (SSSR count). The molecule has 3 aromatic heterocycles. The Labute approximate surface area is 144 Å². The zero-order valence-corrected chi connectivity index (χ0v) is 14.4. The molecular formula is C17H19N5OS. The summed E-state index contributed by atoms with van der Waals surface area (Å²) >= 11 is 1.78. The van der Waals surface area contributed by atoms with Crippen LogP contribution in [0.25, 0.3) is 0 Å². The van der Waals surface area contributed by atoms with Crippen LogP contribution in [-0.2, 0) is 6.42 Å². The Morgan fingerprint density at radius 2 is 2.17 bits per heavy atom. The van der Waals surface area contributed by atoms with Crippen molar-refractivity contribution in [3.8, 4) is 0 Å². The first-order valence-corrected chi connectivity index (χ1v) is 8.99. The molecule has 1 unspecified atom stereocenters. The van der Waals surface area contributed by atoms with E-state index < -0.39 is 0 Å². The Kier molecular flexibility index (Phi) is 4.25. The fourth-order valence-corrected chi connectivity index (χ4v) is 3.94. The van der Waals surface area contributed by atoms with E-state index in [1.807, 2.05) is 6.07 Å². The summed E-state index contributed by atoms with van der Waals surface area (Å²) in [6, 6.07) is 6.09. The van der Waals surface area contributed by atoms with Gasteiger partial charge in [-0.15, -0.1) is 11.3 Å². The summed E-state index contributed by atoms with van der Waals surface area (Å²) in [6.45, 7) is 3.90. The van der Waals surface area contributed by atoms with Gasteiger partial charge in [0.1, 0.15) is 0 Å². The minimum Gasteiger partial charge on any atom is -0.340 e. The molecule has 0 bridgehead atoms. The fraction of sp³-hybridized carbons (Fsp3) is 0.412. The number of piperidine rings is 1. The molecule has 24 heavy (non-hydrogen) atoms. The SMILES string of the molecule is Cc1ccc(Cc2noc(C3CCCN(c4ncccn4)C3)n2)s1. The Morgan fingerprint density at radius 1 is 1.29 bits per heavy atom. The van der Waals surface area contributed by atoms with E-state index in [1.165, 1.54) is 9.75 Å². The van der Waals surface area contributed by atoms with Gasteiger partial charge in [-0.2, -0.15) is 4.98 Å². The summed E-state index contributed by atoms with van der Waals surface area (Å²) in [5.74, 6) is 2.52. The molecule has 0 radical (unpaired) electrons. The lowest BCUT2D eigenvalue weighted by Gasteiger charge is -2.30. The van der Waals surface area contributed by atoms with E-state index in [-0.39, 0.29) is 5.92 Å². The summed E-state index contributed by atoms with van der Waals surface area (Å²) in [5.41, 5.74) is 0. The molecule has 6 nitrogen and oxygen atoms in total. The Hall–Kier alpha value is -2.28. The second kappa shape index (κ2) is 6.68.